The van der Waals surface area contributed by atoms with Crippen LogP contribution in [0.3, 0.4) is 0 Å². The SMILES string of the molecule is CCC(C)(C)OC(=O)Nc1cc(Cl)nc(Cl)c1C(=O)OC(C)(C)CC. The molecule has 0 atom stereocenters. The number of ether oxygens (including phenoxy) is 2. The number of anilines is 1. The summed E-state index contributed by atoms with van der Waals surface area (Å²) in [5.74, 6) is -0.703. The van der Waals surface area contributed by atoms with E-state index in [1.165, 1.54) is 6.07 Å². The highest BCUT2D eigenvalue weighted by Gasteiger charge is 2.28. The molecule has 0 radical (unpaired) electrons. The predicted molar refractivity (Wildman–Crippen MR) is 98.5 cm³/mol. The zero-order valence-electron chi connectivity index (χ0n) is 15.3. The monoisotopic (exact) mass is 390 g/mol. The number of aromatic nitrogens is 1. The van der Waals surface area contributed by atoms with Crippen molar-refractivity contribution in [3.8, 4) is 0 Å². The largest absolute Gasteiger partial charge is 0.456 e. The van der Waals surface area contributed by atoms with E-state index in [1.807, 2.05) is 13.8 Å². The summed E-state index contributed by atoms with van der Waals surface area (Å²) in [4.78, 5) is 28.5. The summed E-state index contributed by atoms with van der Waals surface area (Å²) in [6, 6.07) is 1.32. The van der Waals surface area contributed by atoms with E-state index in [0.717, 1.165) is 0 Å². The number of carbonyl (C=O) groups is 2. The molecule has 1 rings (SSSR count). The third-order valence-electron chi connectivity index (χ3n) is 3.83. The molecule has 0 bridgehead atoms. The first-order valence-electron chi connectivity index (χ1n) is 8.00. The summed E-state index contributed by atoms with van der Waals surface area (Å²) in [5, 5.41) is 2.37. The molecule has 0 saturated carbocycles. The smallest absolute Gasteiger partial charge is 0.412 e. The molecule has 1 N–H and O–H groups in total. The van der Waals surface area contributed by atoms with Gasteiger partial charge in [-0.15, -0.1) is 0 Å². The second kappa shape index (κ2) is 8.23. The Balaban J connectivity index is 3.15. The molecular formula is C17H24Cl2N2O4. The highest BCUT2D eigenvalue weighted by atomic mass is 35.5. The second-order valence-corrected chi connectivity index (χ2v) is 7.53. The van der Waals surface area contributed by atoms with Gasteiger partial charge >= 0.3 is 12.1 Å². The van der Waals surface area contributed by atoms with Crippen LogP contribution in [-0.4, -0.2) is 28.2 Å². The first-order chi connectivity index (χ1) is 11.4. The first-order valence-corrected chi connectivity index (χ1v) is 8.75. The number of nitrogens with one attached hydrogen (secondary N) is 1. The lowest BCUT2D eigenvalue weighted by atomic mass is 10.1. The lowest BCUT2D eigenvalue weighted by molar-refractivity contribution is -0.00233. The minimum atomic E-state index is -0.728. The van der Waals surface area contributed by atoms with Crippen LogP contribution < -0.4 is 5.32 Å². The molecule has 1 aromatic heterocycles. The van der Waals surface area contributed by atoms with Crippen LogP contribution in [0.25, 0.3) is 0 Å². The van der Waals surface area contributed by atoms with Gasteiger partial charge in [-0.05, 0) is 40.5 Å². The first kappa shape index (κ1) is 21.5. The number of nitrogens with zero attached hydrogens (tertiary/aromatic N) is 1. The van der Waals surface area contributed by atoms with Crippen LogP contribution in [0.1, 0.15) is 64.7 Å². The Kier molecular flexibility index (Phi) is 7.08. The van der Waals surface area contributed by atoms with Gasteiger partial charge in [-0.1, -0.05) is 37.0 Å². The zero-order chi connectivity index (χ0) is 19.4. The van der Waals surface area contributed by atoms with E-state index in [0.29, 0.717) is 12.8 Å². The van der Waals surface area contributed by atoms with Crippen LogP contribution in [0.2, 0.25) is 10.3 Å². The fourth-order valence-corrected chi connectivity index (χ4v) is 2.12. The maximum absolute atomic E-state index is 12.5. The Bertz CT molecular complexity index is 660. The van der Waals surface area contributed by atoms with Crippen molar-refractivity contribution >= 4 is 41.0 Å². The lowest BCUT2D eigenvalue weighted by Crippen LogP contribution is -2.31. The van der Waals surface area contributed by atoms with Crippen molar-refractivity contribution < 1.29 is 19.1 Å². The second-order valence-electron chi connectivity index (χ2n) is 6.79. The summed E-state index contributed by atoms with van der Waals surface area (Å²) in [6.07, 6.45) is 0.499. The third kappa shape index (κ3) is 6.36. The number of carbonyl (C=O) groups excluding carboxylic acids is 2. The fraction of sp³-hybridized carbons (Fsp3) is 0.588. The number of hydrogen-bond acceptors (Lipinski definition) is 5. The number of hydrogen-bond donors (Lipinski definition) is 1. The maximum Gasteiger partial charge on any atom is 0.412 e. The molecule has 0 unspecified atom stereocenters. The minimum absolute atomic E-state index is 0.0290. The summed E-state index contributed by atoms with van der Waals surface area (Å²) in [5.41, 5.74) is -1.34. The molecule has 140 valence electrons. The number of pyridine rings is 1. The van der Waals surface area contributed by atoms with E-state index in [9.17, 15) is 9.59 Å². The average molecular weight is 391 g/mol. The number of esters is 1. The third-order valence-corrected chi connectivity index (χ3v) is 4.29. The van der Waals surface area contributed by atoms with Crippen molar-refractivity contribution in [2.45, 2.75) is 65.6 Å². The lowest BCUT2D eigenvalue weighted by Gasteiger charge is -2.25. The molecule has 1 amide bonds. The van der Waals surface area contributed by atoms with Gasteiger partial charge in [0.25, 0.3) is 0 Å². The molecule has 0 aliphatic carbocycles. The van der Waals surface area contributed by atoms with Crippen LogP contribution in [0.15, 0.2) is 6.07 Å². The van der Waals surface area contributed by atoms with Gasteiger partial charge in [0, 0.05) is 6.07 Å². The maximum atomic E-state index is 12.5. The molecular weight excluding hydrogens is 367 g/mol. The molecule has 0 fully saturated rings. The van der Waals surface area contributed by atoms with E-state index in [2.05, 4.69) is 10.3 Å². The van der Waals surface area contributed by atoms with Crippen molar-refractivity contribution in [2.24, 2.45) is 0 Å². The van der Waals surface area contributed by atoms with Gasteiger partial charge in [-0.2, -0.15) is 0 Å². The van der Waals surface area contributed by atoms with Crippen molar-refractivity contribution in [2.75, 3.05) is 5.32 Å². The molecule has 8 heteroatoms. The van der Waals surface area contributed by atoms with Crippen LogP contribution in [0.5, 0.6) is 0 Å². The van der Waals surface area contributed by atoms with Crippen molar-refractivity contribution in [1.82, 2.24) is 4.98 Å². The fourth-order valence-electron chi connectivity index (χ4n) is 1.61. The molecule has 0 aromatic carbocycles. The molecule has 1 heterocycles. The number of amides is 1. The van der Waals surface area contributed by atoms with Crippen LogP contribution in [0, 0.1) is 0 Å². The van der Waals surface area contributed by atoms with E-state index < -0.39 is 23.3 Å². The molecule has 25 heavy (non-hydrogen) atoms. The quantitative estimate of drug-likeness (QED) is 0.514. The predicted octanol–water partition coefficient (Wildman–Crippen LogP) is 5.47. The van der Waals surface area contributed by atoms with Crippen LogP contribution in [-0.2, 0) is 9.47 Å². The molecule has 1 aromatic rings. The van der Waals surface area contributed by atoms with Crippen LogP contribution in [0.4, 0.5) is 10.5 Å². The highest BCUT2D eigenvalue weighted by molar-refractivity contribution is 6.35. The van der Waals surface area contributed by atoms with Gasteiger partial charge in [-0.25, -0.2) is 14.6 Å². The Labute approximate surface area is 158 Å². The molecule has 0 spiro atoms. The Morgan fingerprint density at radius 3 is 2.12 bits per heavy atom. The summed E-state index contributed by atoms with van der Waals surface area (Å²) in [7, 11) is 0. The van der Waals surface area contributed by atoms with E-state index in [4.69, 9.17) is 32.7 Å². The summed E-state index contributed by atoms with van der Waals surface area (Å²) in [6.45, 7) is 10.9. The van der Waals surface area contributed by atoms with Gasteiger partial charge in [0.2, 0.25) is 0 Å². The Morgan fingerprint density at radius 1 is 1.08 bits per heavy atom. The van der Waals surface area contributed by atoms with Crippen LogP contribution >= 0.6 is 23.2 Å². The van der Waals surface area contributed by atoms with E-state index in [-0.39, 0.29) is 21.6 Å². The molecule has 0 saturated heterocycles. The number of halogens is 2. The van der Waals surface area contributed by atoms with Crippen molar-refractivity contribution in [3.05, 3.63) is 21.9 Å². The van der Waals surface area contributed by atoms with Crippen molar-refractivity contribution in [1.29, 1.82) is 0 Å². The van der Waals surface area contributed by atoms with E-state index in [1.54, 1.807) is 27.7 Å². The zero-order valence-corrected chi connectivity index (χ0v) is 16.8. The van der Waals surface area contributed by atoms with Gasteiger partial charge in [0.05, 0.1) is 5.69 Å². The van der Waals surface area contributed by atoms with Gasteiger partial charge in [-0.3, -0.25) is 5.32 Å². The Hall–Kier alpha value is -1.53. The summed E-state index contributed by atoms with van der Waals surface area (Å²) >= 11 is 11.9. The van der Waals surface area contributed by atoms with E-state index >= 15 is 0 Å². The molecule has 0 aliphatic rings. The standard InChI is InChI=1S/C17H24Cl2N2O4/c1-7-16(3,4)24-14(22)12-10(9-11(18)21-13(12)19)20-15(23)25-17(5,6)8-2/h9H,7-8H2,1-6H3,(H,20,21,23). The van der Waals surface area contributed by atoms with Gasteiger partial charge < -0.3 is 9.47 Å². The highest BCUT2D eigenvalue weighted by Crippen LogP contribution is 2.29. The summed E-state index contributed by atoms with van der Waals surface area (Å²) < 4.78 is 10.8. The van der Waals surface area contributed by atoms with Gasteiger partial charge in [0.1, 0.15) is 27.1 Å². The topological polar surface area (TPSA) is 77.5 Å². The normalized spacial score (nSPS) is 11.8. The molecule has 0 aliphatic heterocycles. The van der Waals surface area contributed by atoms with Crippen molar-refractivity contribution in [3.63, 3.8) is 0 Å². The Morgan fingerprint density at radius 2 is 1.60 bits per heavy atom. The minimum Gasteiger partial charge on any atom is -0.456 e. The average Bonchev–Trinajstić information content (AvgIpc) is 2.45. The molecule has 6 nitrogen and oxygen atoms in total. The van der Waals surface area contributed by atoms with Gasteiger partial charge in [0.15, 0.2) is 0 Å². The number of rotatable bonds is 6.